The van der Waals surface area contributed by atoms with E-state index in [9.17, 15) is 10.0 Å². The molecular formula is C10H19N2O2. The summed E-state index contributed by atoms with van der Waals surface area (Å²) in [4.78, 5) is 13.5. The third kappa shape index (κ3) is 1.10. The Hall–Kier alpha value is -0.610. The van der Waals surface area contributed by atoms with E-state index in [1.165, 1.54) is 0 Å². The van der Waals surface area contributed by atoms with Gasteiger partial charge in [0.1, 0.15) is 11.2 Å². The molecule has 2 atom stereocenters. The molecule has 0 saturated carbocycles. The molecular weight excluding hydrogens is 180 g/mol. The largest absolute Gasteiger partial charge is 0.324 e. The summed E-state index contributed by atoms with van der Waals surface area (Å²) in [6.07, 6.45) is 1.20. The normalized spacial score (nSPS) is 39.6. The summed E-state index contributed by atoms with van der Waals surface area (Å²) in [5.41, 5.74) is -1.55. The maximum absolute atomic E-state index is 12.1. The van der Waals surface area contributed by atoms with Crippen LogP contribution in [0.15, 0.2) is 0 Å². The van der Waals surface area contributed by atoms with Crippen molar-refractivity contribution in [2.75, 3.05) is 7.05 Å². The molecule has 0 aromatic rings. The summed E-state index contributed by atoms with van der Waals surface area (Å²) in [5, 5.41) is 13.0. The van der Waals surface area contributed by atoms with Crippen LogP contribution in [0.5, 0.6) is 0 Å². The standard InChI is InChI=1S/C10H19N2O2/c1-6-9(3)8(13)11(5)10(4,7-2)12(9)14/h6-7H2,1-5H3. The first kappa shape index (κ1) is 11.5. The molecule has 1 aliphatic heterocycles. The smallest absolute Gasteiger partial charge is 0.246 e. The minimum Gasteiger partial charge on any atom is -0.324 e. The Morgan fingerprint density at radius 2 is 1.71 bits per heavy atom. The van der Waals surface area contributed by atoms with E-state index in [-0.39, 0.29) is 5.91 Å². The van der Waals surface area contributed by atoms with Crippen molar-refractivity contribution in [3.8, 4) is 0 Å². The number of hydrogen-bond acceptors (Lipinski definition) is 2. The van der Waals surface area contributed by atoms with Crippen LogP contribution in [0.1, 0.15) is 40.5 Å². The Bertz CT molecular complexity index is 257. The number of carbonyl (C=O) groups excluding carboxylic acids is 1. The van der Waals surface area contributed by atoms with Gasteiger partial charge in [-0.05, 0) is 26.7 Å². The summed E-state index contributed by atoms with van der Waals surface area (Å²) >= 11 is 0. The molecule has 81 valence electrons. The molecule has 1 heterocycles. The lowest BCUT2D eigenvalue weighted by atomic mass is 9.98. The molecule has 1 rings (SSSR count). The molecule has 0 aliphatic carbocycles. The van der Waals surface area contributed by atoms with Crippen molar-refractivity contribution in [2.45, 2.75) is 51.7 Å². The van der Waals surface area contributed by atoms with Gasteiger partial charge in [0, 0.05) is 7.05 Å². The fourth-order valence-electron chi connectivity index (χ4n) is 2.01. The van der Waals surface area contributed by atoms with Crippen LogP contribution < -0.4 is 0 Å². The second-order valence-electron chi connectivity index (χ2n) is 4.36. The molecule has 4 heteroatoms. The van der Waals surface area contributed by atoms with Gasteiger partial charge in [-0.25, -0.2) is 0 Å². The van der Waals surface area contributed by atoms with Crippen molar-refractivity contribution in [3.63, 3.8) is 0 Å². The highest BCUT2D eigenvalue weighted by Crippen LogP contribution is 2.39. The van der Waals surface area contributed by atoms with Crippen LogP contribution in [0.25, 0.3) is 0 Å². The van der Waals surface area contributed by atoms with Crippen LogP contribution in [0, 0.1) is 0 Å². The molecule has 1 aliphatic rings. The first-order valence-corrected chi connectivity index (χ1v) is 5.10. The van der Waals surface area contributed by atoms with Crippen LogP contribution in [0.2, 0.25) is 0 Å². The Labute approximate surface area is 85.4 Å². The van der Waals surface area contributed by atoms with Crippen LogP contribution in [0.3, 0.4) is 0 Å². The summed E-state index contributed by atoms with van der Waals surface area (Å²) in [7, 11) is 1.71. The van der Waals surface area contributed by atoms with E-state index in [1.807, 2.05) is 20.8 Å². The fourth-order valence-corrected chi connectivity index (χ4v) is 2.01. The quantitative estimate of drug-likeness (QED) is 0.674. The lowest BCUT2D eigenvalue weighted by Gasteiger charge is -2.35. The molecule has 0 aromatic heterocycles. The highest BCUT2D eigenvalue weighted by atomic mass is 16.5. The summed E-state index contributed by atoms with van der Waals surface area (Å²) in [6, 6.07) is 0. The van der Waals surface area contributed by atoms with Gasteiger partial charge in [-0.3, -0.25) is 4.79 Å². The first-order chi connectivity index (χ1) is 6.34. The van der Waals surface area contributed by atoms with Gasteiger partial charge in [0.2, 0.25) is 5.91 Å². The van der Waals surface area contributed by atoms with E-state index in [4.69, 9.17) is 0 Å². The number of hydrogen-bond donors (Lipinski definition) is 0. The average Bonchev–Trinajstić information content (AvgIpc) is 2.33. The summed E-state index contributed by atoms with van der Waals surface area (Å²) in [5.74, 6) is -0.0700. The predicted octanol–water partition coefficient (Wildman–Crippen LogP) is 1.40. The number of carbonyl (C=O) groups is 1. The second kappa shape index (κ2) is 3.21. The van der Waals surface area contributed by atoms with Gasteiger partial charge in [-0.2, -0.15) is 0 Å². The summed E-state index contributed by atoms with van der Waals surface area (Å²) in [6.45, 7) is 7.34. The lowest BCUT2D eigenvalue weighted by molar-refractivity contribution is -0.267. The molecule has 2 unspecified atom stereocenters. The third-order valence-corrected chi connectivity index (χ3v) is 3.73. The van der Waals surface area contributed by atoms with E-state index in [0.717, 1.165) is 5.06 Å². The number of likely N-dealkylation sites (N-methyl/N-ethyl adjacent to an activating group) is 1. The van der Waals surface area contributed by atoms with Gasteiger partial charge in [-0.1, -0.05) is 13.8 Å². The van der Waals surface area contributed by atoms with Gasteiger partial charge in [0.15, 0.2) is 0 Å². The number of nitrogens with zero attached hydrogens (tertiary/aromatic N) is 2. The van der Waals surface area contributed by atoms with Crippen molar-refractivity contribution >= 4 is 5.91 Å². The third-order valence-electron chi connectivity index (χ3n) is 3.73. The monoisotopic (exact) mass is 199 g/mol. The van der Waals surface area contributed by atoms with Crippen LogP contribution >= 0.6 is 0 Å². The van der Waals surface area contributed by atoms with E-state index < -0.39 is 11.2 Å². The van der Waals surface area contributed by atoms with Crippen molar-refractivity contribution in [2.24, 2.45) is 0 Å². The van der Waals surface area contributed by atoms with Crippen LogP contribution in [-0.4, -0.2) is 34.1 Å². The Morgan fingerprint density at radius 3 is 1.93 bits per heavy atom. The van der Waals surface area contributed by atoms with E-state index in [2.05, 4.69) is 0 Å². The Morgan fingerprint density at radius 1 is 1.21 bits per heavy atom. The zero-order chi connectivity index (χ0) is 11.1. The lowest BCUT2D eigenvalue weighted by Crippen LogP contribution is -2.51. The number of rotatable bonds is 2. The molecule has 1 saturated heterocycles. The first-order valence-electron chi connectivity index (χ1n) is 5.10. The molecule has 0 bridgehead atoms. The summed E-state index contributed by atoms with van der Waals surface area (Å²) < 4.78 is 0. The van der Waals surface area contributed by atoms with Gasteiger partial charge in [-0.15, -0.1) is 10.3 Å². The minimum absolute atomic E-state index is 0.0700. The molecule has 1 fully saturated rings. The highest BCUT2D eigenvalue weighted by molar-refractivity contribution is 5.88. The Kier molecular flexibility index (Phi) is 2.63. The molecule has 0 N–H and O–H groups in total. The fraction of sp³-hybridized carbons (Fsp3) is 0.900. The van der Waals surface area contributed by atoms with Gasteiger partial charge in [0.25, 0.3) is 0 Å². The van der Waals surface area contributed by atoms with Crippen molar-refractivity contribution in [1.82, 2.24) is 9.96 Å². The number of hydroxylamine groups is 2. The van der Waals surface area contributed by atoms with Crippen LogP contribution in [-0.2, 0) is 10.0 Å². The zero-order valence-electron chi connectivity index (χ0n) is 9.63. The SMILES string of the molecule is CCC1(C)C(=O)N(C)C(C)(CC)N1[O]. The van der Waals surface area contributed by atoms with Crippen molar-refractivity contribution < 1.29 is 10.0 Å². The number of amides is 1. The van der Waals surface area contributed by atoms with E-state index in [0.29, 0.717) is 12.8 Å². The minimum atomic E-state index is -0.875. The predicted molar refractivity (Wildman–Crippen MR) is 52.7 cm³/mol. The molecule has 1 radical (unpaired) electrons. The van der Waals surface area contributed by atoms with Crippen molar-refractivity contribution in [3.05, 3.63) is 0 Å². The van der Waals surface area contributed by atoms with E-state index in [1.54, 1.807) is 18.9 Å². The molecule has 1 amide bonds. The highest BCUT2D eigenvalue weighted by Gasteiger charge is 2.58. The van der Waals surface area contributed by atoms with E-state index >= 15 is 0 Å². The average molecular weight is 199 g/mol. The van der Waals surface area contributed by atoms with Gasteiger partial charge in [0.05, 0.1) is 0 Å². The molecule has 4 nitrogen and oxygen atoms in total. The molecule has 14 heavy (non-hydrogen) atoms. The zero-order valence-corrected chi connectivity index (χ0v) is 9.63. The van der Waals surface area contributed by atoms with Crippen molar-refractivity contribution in [1.29, 1.82) is 0 Å². The molecule has 0 aromatic carbocycles. The maximum atomic E-state index is 12.1. The second-order valence-corrected chi connectivity index (χ2v) is 4.36. The van der Waals surface area contributed by atoms with Gasteiger partial charge >= 0.3 is 0 Å². The maximum Gasteiger partial charge on any atom is 0.246 e. The topological polar surface area (TPSA) is 43.5 Å². The molecule has 0 spiro atoms. The Balaban J connectivity index is 3.15. The van der Waals surface area contributed by atoms with Gasteiger partial charge < -0.3 is 4.90 Å². The van der Waals surface area contributed by atoms with Crippen LogP contribution in [0.4, 0.5) is 0 Å².